The molecule has 26 heavy (non-hydrogen) atoms. The summed E-state index contributed by atoms with van der Waals surface area (Å²) in [5, 5.41) is 10.4. The van der Waals surface area contributed by atoms with Gasteiger partial charge >= 0.3 is 11.8 Å². The Bertz CT molecular complexity index is 885. The molecular formula is C18H17N5O3. The first-order valence-corrected chi connectivity index (χ1v) is 7.91. The van der Waals surface area contributed by atoms with Gasteiger partial charge in [0.1, 0.15) is 5.76 Å². The van der Waals surface area contributed by atoms with Gasteiger partial charge < -0.3 is 9.73 Å². The Morgan fingerprint density at radius 1 is 1.15 bits per heavy atom. The predicted molar refractivity (Wildman–Crippen MR) is 94.1 cm³/mol. The normalized spacial score (nSPS) is 10.8. The summed E-state index contributed by atoms with van der Waals surface area (Å²) in [6.07, 6.45) is 6.32. The van der Waals surface area contributed by atoms with Crippen LogP contribution in [0, 0.1) is 0 Å². The number of hydrazone groups is 1. The first-order valence-electron chi connectivity index (χ1n) is 7.91. The number of furan rings is 1. The highest BCUT2D eigenvalue weighted by atomic mass is 16.3. The molecule has 0 bridgehead atoms. The fourth-order valence-electron chi connectivity index (χ4n) is 2.18. The molecule has 0 saturated carbocycles. The minimum absolute atomic E-state index is 0.134. The van der Waals surface area contributed by atoms with Crippen molar-refractivity contribution in [2.45, 2.75) is 13.1 Å². The van der Waals surface area contributed by atoms with Crippen LogP contribution in [0.15, 0.2) is 70.6 Å². The van der Waals surface area contributed by atoms with Gasteiger partial charge in [0.15, 0.2) is 0 Å². The number of amides is 2. The van der Waals surface area contributed by atoms with Gasteiger partial charge in [-0.3, -0.25) is 14.3 Å². The maximum atomic E-state index is 11.7. The van der Waals surface area contributed by atoms with Crippen molar-refractivity contribution >= 4 is 18.0 Å². The molecule has 132 valence electrons. The maximum absolute atomic E-state index is 11.7. The van der Waals surface area contributed by atoms with Crippen molar-refractivity contribution in [3.05, 3.63) is 78.0 Å². The van der Waals surface area contributed by atoms with Gasteiger partial charge in [0.25, 0.3) is 0 Å². The molecule has 8 heteroatoms. The molecule has 0 fully saturated rings. The average Bonchev–Trinajstić information content (AvgIpc) is 3.32. The number of nitrogens with one attached hydrogen (secondary N) is 2. The number of aromatic nitrogens is 2. The SMILES string of the molecule is O=C(NCc1ccco1)C(=O)N/N=C\c1cnn(Cc2ccccc2)c1. The lowest BCUT2D eigenvalue weighted by Crippen LogP contribution is -2.37. The second-order valence-electron chi connectivity index (χ2n) is 5.42. The van der Waals surface area contributed by atoms with Crippen LogP contribution in [0.1, 0.15) is 16.9 Å². The zero-order chi connectivity index (χ0) is 18.2. The quantitative estimate of drug-likeness (QED) is 0.397. The van der Waals surface area contributed by atoms with Crippen LogP contribution < -0.4 is 10.7 Å². The number of nitrogens with zero attached hydrogens (tertiary/aromatic N) is 3. The molecule has 0 spiro atoms. The molecule has 0 atom stereocenters. The van der Waals surface area contributed by atoms with Crippen LogP contribution in [0.25, 0.3) is 0 Å². The van der Waals surface area contributed by atoms with Crippen LogP contribution in [0.3, 0.4) is 0 Å². The smallest absolute Gasteiger partial charge is 0.329 e. The highest BCUT2D eigenvalue weighted by Gasteiger charge is 2.12. The number of benzene rings is 1. The summed E-state index contributed by atoms with van der Waals surface area (Å²) in [6, 6.07) is 13.3. The fourth-order valence-corrected chi connectivity index (χ4v) is 2.18. The molecule has 2 N–H and O–H groups in total. The Morgan fingerprint density at radius 2 is 2.00 bits per heavy atom. The third-order valence-electron chi connectivity index (χ3n) is 3.43. The van der Waals surface area contributed by atoms with E-state index < -0.39 is 11.8 Å². The Labute approximate surface area is 149 Å². The first-order chi connectivity index (χ1) is 12.7. The van der Waals surface area contributed by atoms with Crippen LogP contribution >= 0.6 is 0 Å². The van der Waals surface area contributed by atoms with E-state index in [1.807, 2.05) is 30.3 Å². The fraction of sp³-hybridized carbons (Fsp3) is 0.111. The second-order valence-corrected chi connectivity index (χ2v) is 5.42. The van der Waals surface area contributed by atoms with Gasteiger partial charge in [-0.25, -0.2) is 5.43 Å². The molecule has 2 aromatic heterocycles. The van der Waals surface area contributed by atoms with E-state index in [1.54, 1.807) is 29.2 Å². The number of hydrogen-bond donors (Lipinski definition) is 2. The Morgan fingerprint density at radius 3 is 2.77 bits per heavy atom. The lowest BCUT2D eigenvalue weighted by molar-refractivity contribution is -0.139. The molecule has 8 nitrogen and oxygen atoms in total. The molecule has 0 aliphatic heterocycles. The zero-order valence-electron chi connectivity index (χ0n) is 13.8. The van der Waals surface area contributed by atoms with Gasteiger partial charge in [0, 0.05) is 11.8 Å². The molecule has 2 amide bonds. The van der Waals surface area contributed by atoms with E-state index in [0.717, 1.165) is 5.56 Å². The Balaban J connectivity index is 1.46. The van der Waals surface area contributed by atoms with Gasteiger partial charge in [-0.05, 0) is 17.7 Å². The average molecular weight is 351 g/mol. The standard InChI is InChI=1S/C18H17N5O3/c24-17(19-11-16-7-4-8-26-16)18(25)22-20-9-15-10-21-23(13-15)12-14-5-2-1-3-6-14/h1-10,13H,11-12H2,(H,19,24)(H,22,25)/b20-9-. The van der Waals surface area contributed by atoms with Crippen LogP contribution in [0.4, 0.5) is 0 Å². The third-order valence-corrected chi connectivity index (χ3v) is 3.43. The third kappa shape index (κ3) is 4.91. The minimum Gasteiger partial charge on any atom is -0.467 e. The maximum Gasteiger partial charge on any atom is 0.329 e. The summed E-state index contributed by atoms with van der Waals surface area (Å²) in [6.45, 7) is 0.769. The lowest BCUT2D eigenvalue weighted by Gasteiger charge is -2.01. The minimum atomic E-state index is -0.857. The van der Waals surface area contributed by atoms with E-state index in [0.29, 0.717) is 17.9 Å². The van der Waals surface area contributed by atoms with E-state index >= 15 is 0 Å². The molecule has 2 heterocycles. The number of carbonyl (C=O) groups is 2. The summed E-state index contributed by atoms with van der Waals surface area (Å²) in [4.78, 5) is 23.3. The summed E-state index contributed by atoms with van der Waals surface area (Å²) in [5.41, 5.74) is 4.00. The molecule has 0 aliphatic carbocycles. The van der Waals surface area contributed by atoms with Crippen molar-refractivity contribution in [2.75, 3.05) is 0 Å². The summed E-state index contributed by atoms with van der Waals surface area (Å²) < 4.78 is 6.82. The van der Waals surface area contributed by atoms with E-state index in [4.69, 9.17) is 4.42 Å². The zero-order valence-corrected chi connectivity index (χ0v) is 13.8. The summed E-state index contributed by atoms with van der Waals surface area (Å²) in [5.74, 6) is -1.09. The molecule has 0 aliphatic rings. The highest BCUT2D eigenvalue weighted by molar-refractivity contribution is 6.35. The predicted octanol–water partition coefficient (Wildman–Crippen LogP) is 1.29. The molecule has 3 rings (SSSR count). The van der Waals surface area contributed by atoms with E-state index in [1.165, 1.54) is 12.5 Å². The first kappa shape index (κ1) is 17.2. The van der Waals surface area contributed by atoms with E-state index in [-0.39, 0.29) is 6.54 Å². The molecular weight excluding hydrogens is 334 g/mol. The van der Waals surface area contributed by atoms with Crippen molar-refractivity contribution in [2.24, 2.45) is 5.10 Å². The summed E-state index contributed by atoms with van der Waals surface area (Å²) in [7, 11) is 0. The van der Waals surface area contributed by atoms with Crippen LogP contribution in [0.2, 0.25) is 0 Å². The highest BCUT2D eigenvalue weighted by Crippen LogP contribution is 2.02. The van der Waals surface area contributed by atoms with Crippen molar-refractivity contribution in [3.8, 4) is 0 Å². The van der Waals surface area contributed by atoms with Crippen LogP contribution in [-0.2, 0) is 22.7 Å². The van der Waals surface area contributed by atoms with Gasteiger partial charge in [-0.15, -0.1) is 0 Å². The van der Waals surface area contributed by atoms with Crippen molar-refractivity contribution in [1.29, 1.82) is 0 Å². The van der Waals surface area contributed by atoms with Crippen molar-refractivity contribution in [3.63, 3.8) is 0 Å². The number of carbonyl (C=O) groups excluding carboxylic acids is 2. The van der Waals surface area contributed by atoms with E-state index in [2.05, 4.69) is 20.9 Å². The van der Waals surface area contributed by atoms with E-state index in [9.17, 15) is 9.59 Å². The number of rotatable bonds is 6. The topological polar surface area (TPSA) is 102 Å². The second kappa shape index (κ2) is 8.43. The number of hydrogen-bond acceptors (Lipinski definition) is 5. The van der Waals surface area contributed by atoms with Crippen LogP contribution in [-0.4, -0.2) is 27.8 Å². The van der Waals surface area contributed by atoms with Gasteiger partial charge in [-0.2, -0.15) is 10.2 Å². The van der Waals surface area contributed by atoms with Crippen molar-refractivity contribution < 1.29 is 14.0 Å². The monoisotopic (exact) mass is 351 g/mol. The summed E-state index contributed by atoms with van der Waals surface area (Å²) >= 11 is 0. The Hall–Kier alpha value is -3.68. The van der Waals surface area contributed by atoms with Gasteiger partial charge in [0.05, 0.1) is 31.8 Å². The molecule has 3 aromatic rings. The molecule has 1 aromatic carbocycles. The van der Waals surface area contributed by atoms with Crippen LogP contribution in [0.5, 0.6) is 0 Å². The largest absolute Gasteiger partial charge is 0.467 e. The Kier molecular flexibility index (Phi) is 5.56. The van der Waals surface area contributed by atoms with Gasteiger partial charge in [0.2, 0.25) is 0 Å². The lowest BCUT2D eigenvalue weighted by atomic mass is 10.2. The molecule has 0 unspecified atom stereocenters. The molecule has 0 radical (unpaired) electrons. The molecule has 0 saturated heterocycles. The van der Waals surface area contributed by atoms with Gasteiger partial charge in [-0.1, -0.05) is 30.3 Å². The van der Waals surface area contributed by atoms with Crippen molar-refractivity contribution in [1.82, 2.24) is 20.5 Å².